The van der Waals surface area contributed by atoms with E-state index in [0.29, 0.717) is 5.69 Å². The molecule has 1 heterocycles. The number of hydrogen-bond donors (Lipinski definition) is 3. The molecule has 0 aliphatic carbocycles. The lowest BCUT2D eigenvalue weighted by molar-refractivity contribution is -0.125. The minimum Gasteiger partial charge on any atom is -0.399 e. The maximum Gasteiger partial charge on any atom is 0.253 e. The minimum absolute atomic E-state index is 0.0584. The largest absolute Gasteiger partial charge is 0.399 e. The number of carbonyl (C=O) groups is 3. The molecule has 94 valence electrons. The van der Waals surface area contributed by atoms with E-state index in [2.05, 4.69) is 10.6 Å². The van der Waals surface area contributed by atoms with E-state index in [4.69, 9.17) is 17.3 Å². The van der Waals surface area contributed by atoms with Crippen molar-refractivity contribution in [2.45, 2.75) is 12.5 Å². The van der Waals surface area contributed by atoms with Crippen LogP contribution in [0.5, 0.6) is 0 Å². The second kappa shape index (κ2) is 4.66. The molecule has 0 aromatic heterocycles. The van der Waals surface area contributed by atoms with Gasteiger partial charge in [0.1, 0.15) is 6.04 Å². The van der Waals surface area contributed by atoms with Crippen molar-refractivity contribution in [1.82, 2.24) is 10.6 Å². The summed E-state index contributed by atoms with van der Waals surface area (Å²) in [5.41, 5.74) is 6.15. The molecule has 2 rings (SSSR count). The number of anilines is 1. The number of halogens is 1. The SMILES string of the molecule is Nc1ccc(C(=O)NC2CC(=O)NC2=O)c(Cl)c1. The van der Waals surface area contributed by atoms with Crippen molar-refractivity contribution in [3.63, 3.8) is 0 Å². The van der Waals surface area contributed by atoms with E-state index >= 15 is 0 Å². The minimum atomic E-state index is -0.849. The number of amides is 3. The number of benzene rings is 1. The average molecular weight is 268 g/mol. The zero-order valence-corrected chi connectivity index (χ0v) is 9.95. The average Bonchev–Trinajstić information content (AvgIpc) is 2.57. The van der Waals surface area contributed by atoms with Crippen LogP contribution in [-0.2, 0) is 9.59 Å². The van der Waals surface area contributed by atoms with Gasteiger partial charge < -0.3 is 11.1 Å². The quantitative estimate of drug-likeness (QED) is 0.521. The Morgan fingerprint density at radius 1 is 1.44 bits per heavy atom. The lowest BCUT2D eigenvalue weighted by atomic mass is 10.1. The van der Waals surface area contributed by atoms with Crippen LogP contribution in [0.2, 0.25) is 5.02 Å². The van der Waals surface area contributed by atoms with Gasteiger partial charge in [-0.2, -0.15) is 0 Å². The normalized spacial score (nSPS) is 18.6. The zero-order valence-electron chi connectivity index (χ0n) is 9.20. The number of nitrogen functional groups attached to an aromatic ring is 1. The van der Waals surface area contributed by atoms with E-state index < -0.39 is 23.8 Å². The highest BCUT2D eigenvalue weighted by Crippen LogP contribution is 2.19. The molecular formula is C11H10ClN3O3. The van der Waals surface area contributed by atoms with Gasteiger partial charge in [-0.3, -0.25) is 19.7 Å². The number of nitrogens with one attached hydrogen (secondary N) is 2. The van der Waals surface area contributed by atoms with Crippen molar-refractivity contribution in [3.05, 3.63) is 28.8 Å². The number of imide groups is 1. The molecule has 1 atom stereocenters. The van der Waals surface area contributed by atoms with Gasteiger partial charge in [0.05, 0.1) is 17.0 Å². The van der Waals surface area contributed by atoms with Crippen LogP contribution in [-0.4, -0.2) is 23.8 Å². The second-order valence-corrected chi connectivity index (χ2v) is 4.29. The summed E-state index contributed by atoms with van der Waals surface area (Å²) in [4.78, 5) is 34.1. The van der Waals surface area contributed by atoms with Crippen molar-refractivity contribution in [3.8, 4) is 0 Å². The molecule has 6 nitrogen and oxygen atoms in total. The van der Waals surface area contributed by atoms with E-state index in [1.807, 2.05) is 0 Å². The zero-order chi connectivity index (χ0) is 13.3. The van der Waals surface area contributed by atoms with Crippen LogP contribution in [0.1, 0.15) is 16.8 Å². The molecule has 3 amide bonds. The molecule has 0 radical (unpaired) electrons. The van der Waals surface area contributed by atoms with E-state index in [1.54, 1.807) is 0 Å². The van der Waals surface area contributed by atoms with Crippen LogP contribution >= 0.6 is 11.6 Å². The van der Waals surface area contributed by atoms with Gasteiger partial charge in [0.2, 0.25) is 11.8 Å². The Labute approximate surface area is 107 Å². The van der Waals surface area contributed by atoms with Crippen LogP contribution in [0.3, 0.4) is 0 Å². The van der Waals surface area contributed by atoms with Crippen LogP contribution in [0, 0.1) is 0 Å². The van der Waals surface area contributed by atoms with Crippen LogP contribution in [0.15, 0.2) is 18.2 Å². The predicted octanol–water partition coefficient (Wildman–Crippen LogP) is 0.0671. The number of hydrogen-bond acceptors (Lipinski definition) is 4. The molecule has 1 aromatic carbocycles. The van der Waals surface area contributed by atoms with E-state index in [1.165, 1.54) is 18.2 Å². The fourth-order valence-electron chi connectivity index (χ4n) is 1.62. The fraction of sp³-hybridized carbons (Fsp3) is 0.182. The number of rotatable bonds is 2. The van der Waals surface area contributed by atoms with Crippen molar-refractivity contribution < 1.29 is 14.4 Å². The monoisotopic (exact) mass is 267 g/mol. The van der Waals surface area contributed by atoms with E-state index in [0.717, 1.165) is 0 Å². The molecule has 1 aromatic rings. The van der Waals surface area contributed by atoms with Gasteiger partial charge in [-0.1, -0.05) is 11.6 Å². The Bertz CT molecular complexity index is 544. The summed E-state index contributed by atoms with van der Waals surface area (Å²) in [5.74, 6) is -1.44. The molecule has 0 spiro atoms. The van der Waals surface area contributed by atoms with Crippen LogP contribution in [0.4, 0.5) is 5.69 Å². The van der Waals surface area contributed by atoms with Crippen molar-refractivity contribution >= 4 is 35.0 Å². The maximum absolute atomic E-state index is 11.9. The van der Waals surface area contributed by atoms with Gasteiger partial charge >= 0.3 is 0 Å². The molecule has 1 saturated heterocycles. The first-order valence-electron chi connectivity index (χ1n) is 5.17. The summed E-state index contributed by atoms with van der Waals surface area (Å²) in [6.07, 6.45) is -0.0584. The third-order valence-corrected chi connectivity index (χ3v) is 2.82. The molecular weight excluding hydrogens is 258 g/mol. The molecule has 18 heavy (non-hydrogen) atoms. The van der Waals surface area contributed by atoms with Gasteiger partial charge in [-0.15, -0.1) is 0 Å². The summed E-state index contributed by atoms with van der Waals surface area (Å²) < 4.78 is 0. The topological polar surface area (TPSA) is 101 Å². The highest BCUT2D eigenvalue weighted by atomic mass is 35.5. The summed E-state index contributed by atoms with van der Waals surface area (Å²) in [7, 11) is 0. The number of carbonyl (C=O) groups excluding carboxylic acids is 3. The third kappa shape index (κ3) is 2.43. The first kappa shape index (κ1) is 12.4. The lowest BCUT2D eigenvalue weighted by Gasteiger charge is -2.10. The van der Waals surface area contributed by atoms with Crippen LogP contribution in [0.25, 0.3) is 0 Å². The standard InChI is InChI=1S/C11H10ClN3O3/c12-7-3-5(13)1-2-6(7)10(17)14-8-4-9(16)15-11(8)18/h1-3,8H,4,13H2,(H,14,17)(H,15,16,18). The van der Waals surface area contributed by atoms with Gasteiger partial charge in [0.25, 0.3) is 5.91 Å². The Balaban J connectivity index is 2.13. The molecule has 4 N–H and O–H groups in total. The lowest BCUT2D eigenvalue weighted by Crippen LogP contribution is -2.40. The Hall–Kier alpha value is -2.08. The summed E-state index contributed by atoms with van der Waals surface area (Å²) in [6, 6.07) is 3.58. The van der Waals surface area contributed by atoms with E-state index in [-0.39, 0.29) is 17.0 Å². The highest BCUT2D eigenvalue weighted by molar-refractivity contribution is 6.34. The molecule has 1 aliphatic heterocycles. The summed E-state index contributed by atoms with van der Waals surface area (Å²) in [6.45, 7) is 0. The first-order valence-corrected chi connectivity index (χ1v) is 5.55. The predicted molar refractivity (Wildman–Crippen MR) is 64.9 cm³/mol. The van der Waals surface area contributed by atoms with Gasteiger partial charge in [-0.05, 0) is 18.2 Å². The number of nitrogens with two attached hydrogens (primary N) is 1. The third-order valence-electron chi connectivity index (χ3n) is 2.51. The van der Waals surface area contributed by atoms with Gasteiger partial charge in [0, 0.05) is 5.69 Å². The second-order valence-electron chi connectivity index (χ2n) is 3.88. The van der Waals surface area contributed by atoms with Gasteiger partial charge in [0.15, 0.2) is 0 Å². The maximum atomic E-state index is 11.9. The molecule has 7 heteroatoms. The van der Waals surface area contributed by atoms with Crippen molar-refractivity contribution in [1.29, 1.82) is 0 Å². The highest BCUT2D eigenvalue weighted by Gasteiger charge is 2.32. The Morgan fingerprint density at radius 2 is 2.17 bits per heavy atom. The van der Waals surface area contributed by atoms with Crippen molar-refractivity contribution in [2.24, 2.45) is 0 Å². The Morgan fingerprint density at radius 3 is 2.72 bits per heavy atom. The first-order chi connectivity index (χ1) is 8.47. The summed E-state index contributed by atoms with van der Waals surface area (Å²) in [5, 5.41) is 4.73. The molecule has 0 saturated carbocycles. The fourth-order valence-corrected chi connectivity index (χ4v) is 1.90. The molecule has 1 aliphatic rings. The van der Waals surface area contributed by atoms with Crippen molar-refractivity contribution in [2.75, 3.05) is 5.73 Å². The molecule has 1 fully saturated rings. The van der Waals surface area contributed by atoms with Gasteiger partial charge in [-0.25, -0.2) is 0 Å². The summed E-state index contributed by atoms with van der Waals surface area (Å²) >= 11 is 5.87. The molecule has 1 unspecified atom stereocenters. The Kier molecular flexibility index (Phi) is 3.20. The molecule has 0 bridgehead atoms. The van der Waals surface area contributed by atoms with E-state index in [9.17, 15) is 14.4 Å². The smallest absolute Gasteiger partial charge is 0.253 e. The van der Waals surface area contributed by atoms with Crippen LogP contribution < -0.4 is 16.4 Å².